The van der Waals surface area contributed by atoms with E-state index in [0.717, 1.165) is 25.4 Å². The summed E-state index contributed by atoms with van der Waals surface area (Å²) in [6, 6.07) is 8.93. The van der Waals surface area contributed by atoms with E-state index in [-0.39, 0.29) is 0 Å². The van der Waals surface area contributed by atoms with Crippen LogP contribution in [0, 0.1) is 0 Å². The van der Waals surface area contributed by atoms with Crippen molar-refractivity contribution < 1.29 is 27.8 Å². The molecule has 130 valence electrons. The number of ether oxygens (including phenoxy) is 1. The number of piperidine rings is 1. The lowest BCUT2D eigenvalue weighted by atomic mass is 10.1. The molecular formula is C15H21F3N2O3. The quantitative estimate of drug-likeness (QED) is 0.787. The first kappa shape index (κ1) is 19.2. The maximum Gasteiger partial charge on any atom is 0.490 e. The minimum absolute atomic E-state index is 0.670. The highest BCUT2D eigenvalue weighted by atomic mass is 19.4. The number of alkyl halides is 3. The zero-order valence-corrected chi connectivity index (χ0v) is 12.8. The predicted octanol–water partition coefficient (Wildman–Crippen LogP) is 2.17. The molecular weight excluding hydrogens is 313 g/mol. The Hall–Kier alpha value is -1.80. The van der Waals surface area contributed by atoms with Crippen LogP contribution in [-0.4, -0.2) is 43.5 Å². The van der Waals surface area contributed by atoms with Crippen molar-refractivity contribution in [3.05, 3.63) is 29.8 Å². The van der Waals surface area contributed by atoms with Crippen LogP contribution >= 0.6 is 0 Å². The van der Waals surface area contributed by atoms with Crippen molar-refractivity contribution in [1.29, 1.82) is 0 Å². The molecule has 0 bridgehead atoms. The molecule has 0 spiro atoms. The van der Waals surface area contributed by atoms with Crippen molar-refractivity contribution in [3.8, 4) is 5.75 Å². The molecule has 0 aromatic heterocycles. The summed E-state index contributed by atoms with van der Waals surface area (Å²) in [4.78, 5) is 8.90. The van der Waals surface area contributed by atoms with Gasteiger partial charge in [-0.15, -0.1) is 0 Å². The molecule has 1 fully saturated rings. The molecule has 1 aromatic rings. The summed E-state index contributed by atoms with van der Waals surface area (Å²) in [7, 11) is 1.70. The molecule has 1 aliphatic rings. The number of methoxy groups -OCH3 is 1. The van der Waals surface area contributed by atoms with E-state index in [0.29, 0.717) is 6.04 Å². The number of hydrogen-bond donors (Lipinski definition) is 3. The van der Waals surface area contributed by atoms with Crippen LogP contribution in [0.25, 0.3) is 0 Å². The second-order valence-electron chi connectivity index (χ2n) is 5.06. The summed E-state index contributed by atoms with van der Waals surface area (Å²) in [5.74, 6) is -1.84. The number of aliphatic carboxylic acids is 1. The lowest BCUT2D eigenvalue weighted by molar-refractivity contribution is -0.192. The largest absolute Gasteiger partial charge is 0.497 e. The van der Waals surface area contributed by atoms with Gasteiger partial charge in [0.05, 0.1) is 7.11 Å². The highest BCUT2D eigenvalue weighted by Gasteiger charge is 2.38. The van der Waals surface area contributed by atoms with Gasteiger partial charge in [0, 0.05) is 12.6 Å². The van der Waals surface area contributed by atoms with E-state index in [9.17, 15) is 13.2 Å². The maximum atomic E-state index is 10.6. The molecule has 1 saturated heterocycles. The summed E-state index contributed by atoms with van der Waals surface area (Å²) in [6.07, 6.45) is -2.62. The zero-order valence-electron chi connectivity index (χ0n) is 12.8. The Labute approximate surface area is 132 Å². The average molecular weight is 334 g/mol. The van der Waals surface area contributed by atoms with Crippen molar-refractivity contribution in [2.45, 2.75) is 31.6 Å². The van der Waals surface area contributed by atoms with E-state index >= 15 is 0 Å². The third-order valence-corrected chi connectivity index (χ3v) is 3.34. The molecule has 2 rings (SSSR count). The molecule has 0 atom stereocenters. The third-order valence-electron chi connectivity index (χ3n) is 3.34. The standard InChI is InChI=1S/C13H20N2O.C2HF3O2/c1-16-13-4-2-11(3-5-13)10-15-12-6-8-14-9-7-12;3-2(4,5)1(6)7/h2-5,12,14-15H,6-10H2,1H3;(H,6,7). The number of carbonyl (C=O) groups is 1. The molecule has 8 heteroatoms. The van der Waals surface area contributed by atoms with Crippen molar-refractivity contribution in [1.82, 2.24) is 10.6 Å². The van der Waals surface area contributed by atoms with Gasteiger partial charge in [-0.3, -0.25) is 0 Å². The summed E-state index contributed by atoms with van der Waals surface area (Å²) in [5.41, 5.74) is 1.32. The molecule has 23 heavy (non-hydrogen) atoms. The predicted molar refractivity (Wildman–Crippen MR) is 79.4 cm³/mol. The van der Waals surface area contributed by atoms with Crippen LogP contribution in [0.4, 0.5) is 13.2 Å². The van der Waals surface area contributed by atoms with Gasteiger partial charge in [0.25, 0.3) is 0 Å². The minimum Gasteiger partial charge on any atom is -0.497 e. The van der Waals surface area contributed by atoms with Gasteiger partial charge in [0.2, 0.25) is 0 Å². The van der Waals surface area contributed by atoms with E-state index in [1.807, 2.05) is 12.1 Å². The lowest BCUT2D eigenvalue weighted by Crippen LogP contribution is -2.39. The molecule has 0 amide bonds. The highest BCUT2D eigenvalue weighted by molar-refractivity contribution is 5.73. The van der Waals surface area contributed by atoms with Crippen LogP contribution in [0.15, 0.2) is 24.3 Å². The Morgan fingerprint density at radius 1 is 1.30 bits per heavy atom. The fourth-order valence-electron chi connectivity index (χ4n) is 2.03. The Morgan fingerprint density at radius 2 is 1.83 bits per heavy atom. The summed E-state index contributed by atoms with van der Waals surface area (Å²) in [6.45, 7) is 3.23. The van der Waals surface area contributed by atoms with E-state index < -0.39 is 12.1 Å². The van der Waals surface area contributed by atoms with Gasteiger partial charge < -0.3 is 20.5 Å². The highest BCUT2D eigenvalue weighted by Crippen LogP contribution is 2.13. The normalized spacial score (nSPS) is 15.5. The van der Waals surface area contributed by atoms with Crippen molar-refractivity contribution in [2.24, 2.45) is 0 Å². The first-order valence-corrected chi connectivity index (χ1v) is 7.20. The number of rotatable bonds is 4. The molecule has 3 N–H and O–H groups in total. The minimum atomic E-state index is -5.08. The van der Waals surface area contributed by atoms with E-state index in [4.69, 9.17) is 14.6 Å². The Bertz CT molecular complexity index is 472. The van der Waals surface area contributed by atoms with Crippen LogP contribution < -0.4 is 15.4 Å². The van der Waals surface area contributed by atoms with Gasteiger partial charge in [-0.05, 0) is 43.6 Å². The topological polar surface area (TPSA) is 70.6 Å². The number of nitrogens with one attached hydrogen (secondary N) is 2. The SMILES string of the molecule is COc1ccc(CNC2CCNCC2)cc1.O=C(O)C(F)(F)F. The number of hydrogen-bond acceptors (Lipinski definition) is 4. The van der Waals surface area contributed by atoms with Crippen molar-refractivity contribution >= 4 is 5.97 Å². The first-order valence-electron chi connectivity index (χ1n) is 7.20. The van der Waals surface area contributed by atoms with Gasteiger partial charge in [-0.1, -0.05) is 12.1 Å². The fourth-order valence-corrected chi connectivity index (χ4v) is 2.03. The molecule has 1 heterocycles. The number of carboxylic acid groups (broad SMARTS) is 1. The Morgan fingerprint density at radius 3 is 2.26 bits per heavy atom. The van der Waals surface area contributed by atoms with E-state index in [1.165, 1.54) is 18.4 Å². The van der Waals surface area contributed by atoms with Gasteiger partial charge in [-0.25, -0.2) is 4.79 Å². The second-order valence-corrected chi connectivity index (χ2v) is 5.06. The van der Waals surface area contributed by atoms with Gasteiger partial charge in [-0.2, -0.15) is 13.2 Å². The summed E-state index contributed by atoms with van der Waals surface area (Å²) in [5, 5.41) is 14.1. The molecule has 0 saturated carbocycles. The van der Waals surface area contributed by atoms with Crippen LogP contribution in [0.3, 0.4) is 0 Å². The summed E-state index contributed by atoms with van der Waals surface area (Å²) < 4.78 is 36.9. The fraction of sp³-hybridized carbons (Fsp3) is 0.533. The molecule has 1 aromatic carbocycles. The molecule has 0 radical (unpaired) electrons. The van der Waals surface area contributed by atoms with E-state index in [2.05, 4.69) is 22.8 Å². The molecule has 0 unspecified atom stereocenters. The van der Waals surface area contributed by atoms with Gasteiger partial charge in [0.1, 0.15) is 5.75 Å². The number of halogens is 3. The number of carboxylic acids is 1. The Balaban J connectivity index is 0.000000322. The second kappa shape index (κ2) is 9.36. The average Bonchev–Trinajstić information content (AvgIpc) is 2.54. The molecule has 0 aliphatic carbocycles. The molecule has 1 aliphatic heterocycles. The smallest absolute Gasteiger partial charge is 0.490 e. The number of benzene rings is 1. The lowest BCUT2D eigenvalue weighted by Gasteiger charge is -2.23. The zero-order chi connectivity index (χ0) is 17.3. The summed E-state index contributed by atoms with van der Waals surface area (Å²) >= 11 is 0. The maximum absolute atomic E-state index is 10.6. The third kappa shape index (κ3) is 7.85. The van der Waals surface area contributed by atoms with E-state index in [1.54, 1.807) is 7.11 Å². The van der Waals surface area contributed by atoms with Crippen LogP contribution in [0.2, 0.25) is 0 Å². The van der Waals surface area contributed by atoms with Gasteiger partial charge >= 0.3 is 12.1 Å². The van der Waals surface area contributed by atoms with Crippen molar-refractivity contribution in [3.63, 3.8) is 0 Å². The van der Waals surface area contributed by atoms with Crippen LogP contribution in [0.1, 0.15) is 18.4 Å². The van der Waals surface area contributed by atoms with Crippen LogP contribution in [-0.2, 0) is 11.3 Å². The van der Waals surface area contributed by atoms with Crippen molar-refractivity contribution in [2.75, 3.05) is 20.2 Å². The monoisotopic (exact) mass is 334 g/mol. The Kier molecular flexibility index (Phi) is 7.84. The molecule has 5 nitrogen and oxygen atoms in total. The van der Waals surface area contributed by atoms with Gasteiger partial charge in [0.15, 0.2) is 0 Å². The van der Waals surface area contributed by atoms with Crippen LogP contribution in [0.5, 0.6) is 5.75 Å². The first-order chi connectivity index (χ1) is 10.8.